The molecule has 0 unspecified atom stereocenters. The SMILES string of the molecule is CC(Cc1ccccc1)(c1ccc(-c2nc(-c3ccccc3)nc(-c3ccccc3)n2)cc1)c1ccc(-c2nc(-c3ccccc3)nc(-c3ccccc3)n2)cc1. The fourth-order valence-electron chi connectivity index (χ4n) is 7.22. The van der Waals surface area contributed by atoms with Crippen molar-refractivity contribution in [1.29, 1.82) is 0 Å². The quantitative estimate of drug-likeness (QED) is 0.139. The summed E-state index contributed by atoms with van der Waals surface area (Å²) in [5.74, 6) is 3.82. The van der Waals surface area contributed by atoms with Crippen LogP contribution in [-0.4, -0.2) is 29.9 Å². The van der Waals surface area contributed by atoms with Gasteiger partial charge in [0.05, 0.1) is 0 Å². The number of hydrogen-bond acceptors (Lipinski definition) is 6. The monoisotopic (exact) mass is 734 g/mol. The van der Waals surface area contributed by atoms with Crippen LogP contribution in [0, 0.1) is 0 Å². The third-order valence-corrected chi connectivity index (χ3v) is 10.4. The van der Waals surface area contributed by atoms with Crippen molar-refractivity contribution in [2.75, 3.05) is 0 Å². The summed E-state index contributed by atoms with van der Waals surface area (Å²) in [6, 6.07) is 68.3. The van der Waals surface area contributed by atoms with Crippen LogP contribution in [-0.2, 0) is 11.8 Å². The Hall–Kier alpha value is -7.44. The Morgan fingerprint density at radius 2 is 0.509 bits per heavy atom. The third kappa shape index (κ3) is 7.62. The third-order valence-electron chi connectivity index (χ3n) is 10.4. The number of benzene rings is 7. The van der Waals surface area contributed by atoms with E-state index in [2.05, 4.69) is 85.8 Å². The first kappa shape index (κ1) is 35.3. The van der Waals surface area contributed by atoms with Crippen molar-refractivity contribution in [1.82, 2.24) is 29.9 Å². The van der Waals surface area contributed by atoms with Crippen LogP contribution in [0.2, 0.25) is 0 Å². The van der Waals surface area contributed by atoms with Gasteiger partial charge in [-0.1, -0.05) is 207 Å². The Bertz CT molecular complexity index is 2440. The second-order valence-electron chi connectivity index (χ2n) is 14.2. The molecule has 0 aliphatic carbocycles. The summed E-state index contributed by atoms with van der Waals surface area (Å²) in [4.78, 5) is 29.6. The van der Waals surface area contributed by atoms with Crippen molar-refractivity contribution in [3.05, 3.63) is 217 Å². The van der Waals surface area contributed by atoms with Crippen LogP contribution in [0.25, 0.3) is 68.3 Å². The van der Waals surface area contributed by atoms with Gasteiger partial charge in [-0.05, 0) is 23.1 Å². The highest BCUT2D eigenvalue weighted by molar-refractivity contribution is 5.68. The Morgan fingerprint density at radius 1 is 0.281 bits per heavy atom. The van der Waals surface area contributed by atoms with E-state index in [4.69, 9.17) is 29.9 Å². The molecule has 0 saturated carbocycles. The molecule has 0 N–H and O–H groups in total. The van der Waals surface area contributed by atoms with Crippen molar-refractivity contribution in [2.24, 2.45) is 0 Å². The van der Waals surface area contributed by atoms with Crippen LogP contribution in [0.4, 0.5) is 0 Å². The maximum absolute atomic E-state index is 4.97. The maximum Gasteiger partial charge on any atom is 0.164 e. The fraction of sp³-hybridized carbons (Fsp3) is 0.0588. The number of nitrogens with zero attached hydrogens (tertiary/aromatic N) is 6. The second-order valence-corrected chi connectivity index (χ2v) is 14.2. The van der Waals surface area contributed by atoms with Gasteiger partial charge in [0.15, 0.2) is 34.9 Å². The van der Waals surface area contributed by atoms with Crippen LogP contribution in [0.3, 0.4) is 0 Å². The van der Waals surface area contributed by atoms with Gasteiger partial charge < -0.3 is 0 Å². The lowest BCUT2D eigenvalue weighted by molar-refractivity contribution is 0.567. The van der Waals surface area contributed by atoms with Gasteiger partial charge in [0.25, 0.3) is 0 Å². The average Bonchev–Trinajstić information content (AvgIpc) is 3.30. The van der Waals surface area contributed by atoms with E-state index in [-0.39, 0.29) is 5.41 Å². The van der Waals surface area contributed by atoms with Crippen LogP contribution < -0.4 is 0 Å². The molecule has 0 saturated heterocycles. The zero-order valence-electron chi connectivity index (χ0n) is 31.4. The first-order chi connectivity index (χ1) is 28.1. The Morgan fingerprint density at radius 3 is 0.772 bits per heavy atom. The van der Waals surface area contributed by atoms with Crippen LogP contribution in [0.1, 0.15) is 23.6 Å². The van der Waals surface area contributed by atoms with Crippen molar-refractivity contribution >= 4 is 0 Å². The smallest absolute Gasteiger partial charge is 0.164 e. The lowest BCUT2D eigenvalue weighted by atomic mass is 9.72. The minimum atomic E-state index is -0.370. The number of rotatable bonds is 10. The van der Waals surface area contributed by atoms with Gasteiger partial charge >= 0.3 is 0 Å². The highest BCUT2D eigenvalue weighted by atomic mass is 15.0. The second kappa shape index (κ2) is 15.7. The molecule has 0 spiro atoms. The van der Waals surface area contributed by atoms with Gasteiger partial charge in [-0.25, -0.2) is 29.9 Å². The van der Waals surface area contributed by atoms with E-state index in [1.807, 2.05) is 121 Å². The molecule has 0 bridgehead atoms. The van der Waals surface area contributed by atoms with Gasteiger partial charge in [0.2, 0.25) is 0 Å². The zero-order valence-corrected chi connectivity index (χ0v) is 31.4. The lowest BCUT2D eigenvalue weighted by Gasteiger charge is -2.32. The van der Waals surface area contributed by atoms with Crippen molar-refractivity contribution in [2.45, 2.75) is 18.8 Å². The molecule has 0 atom stereocenters. The molecule has 0 aliphatic heterocycles. The molecule has 7 aromatic carbocycles. The molecule has 9 aromatic rings. The zero-order chi connectivity index (χ0) is 38.4. The summed E-state index contributed by atoms with van der Waals surface area (Å²) < 4.78 is 0. The fourth-order valence-corrected chi connectivity index (χ4v) is 7.22. The summed E-state index contributed by atoms with van der Waals surface area (Å²) >= 11 is 0. The van der Waals surface area contributed by atoms with Gasteiger partial charge in [-0.3, -0.25) is 0 Å². The first-order valence-corrected chi connectivity index (χ1v) is 19.1. The van der Waals surface area contributed by atoms with Crippen molar-refractivity contribution < 1.29 is 0 Å². The molecule has 0 amide bonds. The van der Waals surface area contributed by atoms with Gasteiger partial charge in [-0.15, -0.1) is 0 Å². The van der Waals surface area contributed by atoms with Crippen molar-refractivity contribution in [3.63, 3.8) is 0 Å². The predicted molar refractivity (Wildman–Crippen MR) is 229 cm³/mol. The normalized spacial score (nSPS) is 11.3. The summed E-state index contributed by atoms with van der Waals surface area (Å²) in [6.45, 7) is 2.32. The molecule has 6 heteroatoms. The maximum atomic E-state index is 4.97. The van der Waals surface area contributed by atoms with Crippen molar-refractivity contribution in [3.8, 4) is 68.3 Å². The van der Waals surface area contributed by atoms with Gasteiger partial charge in [-0.2, -0.15) is 0 Å². The van der Waals surface area contributed by atoms with Crippen LogP contribution >= 0.6 is 0 Å². The highest BCUT2D eigenvalue weighted by Gasteiger charge is 2.30. The molecule has 9 rings (SSSR count). The minimum Gasteiger partial charge on any atom is -0.208 e. The Kier molecular flexibility index (Phi) is 9.74. The van der Waals surface area contributed by atoms with Crippen LogP contribution in [0.15, 0.2) is 200 Å². The van der Waals surface area contributed by atoms with E-state index in [0.29, 0.717) is 34.9 Å². The van der Waals surface area contributed by atoms with E-state index in [9.17, 15) is 0 Å². The van der Waals surface area contributed by atoms with E-state index in [1.165, 1.54) is 16.7 Å². The molecule has 57 heavy (non-hydrogen) atoms. The lowest BCUT2D eigenvalue weighted by Crippen LogP contribution is -2.26. The number of aromatic nitrogens is 6. The molecule has 272 valence electrons. The predicted octanol–water partition coefficient (Wildman–Crippen LogP) is 11.6. The number of hydrogen-bond donors (Lipinski definition) is 0. The first-order valence-electron chi connectivity index (χ1n) is 19.1. The van der Waals surface area contributed by atoms with E-state index >= 15 is 0 Å². The summed E-state index contributed by atoms with van der Waals surface area (Å²) in [5.41, 5.74) is 8.86. The van der Waals surface area contributed by atoms with Crippen LogP contribution in [0.5, 0.6) is 0 Å². The highest BCUT2D eigenvalue weighted by Crippen LogP contribution is 2.38. The van der Waals surface area contributed by atoms with E-state index < -0.39 is 0 Å². The average molecular weight is 735 g/mol. The molecule has 0 aliphatic rings. The summed E-state index contributed by atoms with van der Waals surface area (Å²) in [7, 11) is 0. The van der Waals surface area contributed by atoms with E-state index in [0.717, 1.165) is 39.8 Å². The Labute approximate surface area is 332 Å². The molecular formula is C51H38N6. The molecule has 6 nitrogen and oxygen atoms in total. The minimum absolute atomic E-state index is 0.370. The molecule has 2 heterocycles. The molecule has 2 aromatic heterocycles. The standard InChI is InChI=1S/C51H38N6/c1-51(35-36-17-7-2-8-18-36,43-31-27-41(28-32-43)49-54-45(37-19-9-3-10-20-37)52-46(55-49)38-21-11-4-12-22-38)44-33-29-42(30-34-44)50-56-47(39-23-13-5-14-24-39)53-48(57-50)40-25-15-6-16-26-40/h2-34H,35H2,1H3. The largest absolute Gasteiger partial charge is 0.208 e. The molecular weight excluding hydrogens is 697 g/mol. The molecule has 0 radical (unpaired) electrons. The summed E-state index contributed by atoms with van der Waals surface area (Å²) in [6.07, 6.45) is 0.802. The van der Waals surface area contributed by atoms with E-state index in [1.54, 1.807) is 0 Å². The summed E-state index contributed by atoms with van der Waals surface area (Å²) in [5, 5.41) is 0. The molecule has 0 fully saturated rings. The topological polar surface area (TPSA) is 77.3 Å². The Balaban J connectivity index is 1.10. The van der Waals surface area contributed by atoms with Gasteiger partial charge in [0, 0.05) is 38.8 Å². The van der Waals surface area contributed by atoms with Gasteiger partial charge in [0.1, 0.15) is 0 Å².